The Morgan fingerprint density at radius 1 is 0.229 bits per heavy atom. The molecule has 29 nitrogen and oxygen atoms in total. The zero-order valence-electron chi connectivity index (χ0n) is 50.0. The molecule has 29 heteroatoms. The molecule has 0 aliphatic carbocycles. The summed E-state index contributed by atoms with van der Waals surface area (Å²) >= 11 is 0. The maximum Gasteiger partial charge on any atom is 0.407 e. The number of hydrogen-bond acceptors (Lipinski definition) is 27. The Kier molecular flexibility index (Phi) is 73.8. The Morgan fingerprint density at radius 2 is 0.361 bits per heavy atom. The SMILES string of the molecule is CCOC(=O)NCCOCCOCCOCCOCCOCCOCCOCCOCCOCCOCCOCCOCCOCCOCCOCCOCCOCCOCCOCCOCCOCCOCCOCCOCCC(=O)O. The molecule has 0 aromatic carbocycles. The molecule has 0 aromatic rings. The summed E-state index contributed by atoms with van der Waals surface area (Å²) in [4.78, 5) is 21.5. The zero-order chi connectivity index (χ0) is 59.6. The fourth-order valence-electron chi connectivity index (χ4n) is 5.73. The second kappa shape index (κ2) is 75.9. The summed E-state index contributed by atoms with van der Waals surface area (Å²) in [5.41, 5.74) is 0. The van der Waals surface area contributed by atoms with Crippen LogP contribution in [0.1, 0.15) is 13.3 Å². The number of carboxylic acids is 1. The van der Waals surface area contributed by atoms with Crippen molar-refractivity contribution in [1.29, 1.82) is 0 Å². The van der Waals surface area contributed by atoms with Gasteiger partial charge in [-0.15, -0.1) is 0 Å². The van der Waals surface area contributed by atoms with Crippen molar-refractivity contribution in [3.05, 3.63) is 0 Å². The Bertz CT molecular complexity index is 1230. The molecule has 0 rings (SSSR count). The third kappa shape index (κ3) is 77.8. The molecule has 0 heterocycles. The van der Waals surface area contributed by atoms with Gasteiger partial charge in [0.1, 0.15) is 0 Å². The maximum atomic E-state index is 11.1. The minimum absolute atomic E-state index is 0.0108. The third-order valence-corrected chi connectivity index (χ3v) is 9.81. The number of amides is 1. The fourth-order valence-corrected chi connectivity index (χ4v) is 5.73. The van der Waals surface area contributed by atoms with Crippen molar-refractivity contribution in [2.45, 2.75) is 13.3 Å². The molecular weight excluding hydrogens is 1110 g/mol. The molecule has 0 saturated heterocycles. The van der Waals surface area contributed by atoms with Gasteiger partial charge in [0, 0.05) is 6.54 Å². The molecule has 0 saturated carbocycles. The number of carboxylic acid groups (broad SMARTS) is 1. The molecule has 496 valence electrons. The van der Waals surface area contributed by atoms with Gasteiger partial charge in [0.15, 0.2) is 0 Å². The highest BCUT2D eigenvalue weighted by Gasteiger charge is 2.02. The lowest BCUT2D eigenvalue weighted by Crippen LogP contribution is -2.28. The van der Waals surface area contributed by atoms with Crippen LogP contribution in [0.3, 0.4) is 0 Å². The fraction of sp³-hybridized carbons (Fsp3) is 0.963. The van der Waals surface area contributed by atoms with Gasteiger partial charge >= 0.3 is 12.1 Å². The van der Waals surface area contributed by atoms with E-state index in [2.05, 4.69) is 5.32 Å². The summed E-state index contributed by atoms with van der Waals surface area (Å²) in [6.07, 6.45) is -0.456. The predicted octanol–water partition coefficient (Wildman–Crippen LogP) is 0.606. The van der Waals surface area contributed by atoms with Crippen molar-refractivity contribution < 1.29 is 133 Å². The van der Waals surface area contributed by atoms with Gasteiger partial charge in [0.05, 0.1) is 330 Å². The molecule has 0 aromatic heterocycles. The van der Waals surface area contributed by atoms with E-state index < -0.39 is 12.1 Å². The minimum atomic E-state index is -0.881. The first-order valence-electron chi connectivity index (χ1n) is 29.1. The lowest BCUT2D eigenvalue weighted by molar-refractivity contribution is -0.138. The van der Waals surface area contributed by atoms with E-state index in [4.69, 9.17) is 124 Å². The average Bonchev–Trinajstić information content (AvgIpc) is 3.48. The summed E-state index contributed by atoms with van der Waals surface area (Å²) < 4.78 is 136. The number of aliphatic carboxylic acids is 1. The first-order chi connectivity index (χ1) is 41.2. The molecule has 2 N–H and O–H groups in total. The second-order valence-electron chi connectivity index (χ2n) is 16.5. The summed E-state index contributed by atoms with van der Waals surface area (Å²) in [6, 6.07) is 0. The maximum absolute atomic E-state index is 11.1. The summed E-state index contributed by atoms with van der Waals surface area (Å²) in [5.74, 6) is -0.881. The molecule has 0 unspecified atom stereocenters. The van der Waals surface area contributed by atoms with Crippen molar-refractivity contribution in [3.63, 3.8) is 0 Å². The van der Waals surface area contributed by atoms with E-state index in [1.807, 2.05) is 0 Å². The van der Waals surface area contributed by atoms with Gasteiger partial charge in [-0.05, 0) is 6.92 Å². The molecule has 0 radical (unpaired) electrons. The van der Waals surface area contributed by atoms with Gasteiger partial charge in [-0.25, -0.2) is 4.79 Å². The number of carbonyl (C=O) groups excluding carboxylic acids is 1. The molecule has 0 aliphatic rings. The van der Waals surface area contributed by atoms with Crippen LogP contribution in [0.5, 0.6) is 0 Å². The van der Waals surface area contributed by atoms with Gasteiger partial charge in [0.2, 0.25) is 0 Å². The monoisotopic (exact) mass is 1220 g/mol. The van der Waals surface area contributed by atoms with Crippen LogP contribution in [-0.2, 0) is 123 Å². The largest absolute Gasteiger partial charge is 0.481 e. The van der Waals surface area contributed by atoms with Crippen LogP contribution < -0.4 is 5.32 Å². The van der Waals surface area contributed by atoms with Crippen molar-refractivity contribution in [3.8, 4) is 0 Å². The van der Waals surface area contributed by atoms with E-state index in [1.165, 1.54) is 0 Å². The molecule has 0 fully saturated rings. The molecule has 83 heavy (non-hydrogen) atoms. The number of hydrogen-bond donors (Lipinski definition) is 2. The van der Waals surface area contributed by atoms with Crippen molar-refractivity contribution in [1.82, 2.24) is 5.32 Å². The highest BCUT2D eigenvalue weighted by molar-refractivity contribution is 5.67. The van der Waals surface area contributed by atoms with Crippen molar-refractivity contribution in [2.24, 2.45) is 0 Å². The van der Waals surface area contributed by atoms with Crippen LogP contribution in [0.4, 0.5) is 4.79 Å². The Morgan fingerprint density at radius 3 is 0.494 bits per heavy atom. The highest BCUT2D eigenvalue weighted by atomic mass is 16.6. The molecular formula is C54H107NO28. The van der Waals surface area contributed by atoms with E-state index in [9.17, 15) is 9.59 Å². The second-order valence-corrected chi connectivity index (χ2v) is 16.5. The number of rotatable bonds is 76. The topological polar surface area (TPSA) is 297 Å². The van der Waals surface area contributed by atoms with E-state index in [0.717, 1.165) is 0 Å². The van der Waals surface area contributed by atoms with E-state index in [-0.39, 0.29) is 13.0 Å². The molecule has 0 bridgehead atoms. The Labute approximate surface area is 493 Å². The molecule has 1 amide bonds. The Hall–Kier alpha value is -2.22. The number of carbonyl (C=O) groups is 2. The van der Waals surface area contributed by atoms with E-state index in [1.54, 1.807) is 6.92 Å². The van der Waals surface area contributed by atoms with Crippen LogP contribution in [-0.4, -0.2) is 347 Å². The lowest BCUT2D eigenvalue weighted by Gasteiger charge is -2.09. The van der Waals surface area contributed by atoms with Crippen LogP contribution in [0.25, 0.3) is 0 Å². The Balaban J connectivity index is 3.09. The van der Waals surface area contributed by atoms with Crippen LogP contribution >= 0.6 is 0 Å². The first kappa shape index (κ1) is 80.8. The van der Waals surface area contributed by atoms with Crippen LogP contribution in [0.2, 0.25) is 0 Å². The number of ether oxygens (including phenoxy) is 25. The van der Waals surface area contributed by atoms with Crippen LogP contribution in [0.15, 0.2) is 0 Å². The van der Waals surface area contributed by atoms with Gasteiger partial charge < -0.3 is 129 Å². The first-order valence-corrected chi connectivity index (χ1v) is 29.1. The minimum Gasteiger partial charge on any atom is -0.481 e. The van der Waals surface area contributed by atoms with Gasteiger partial charge in [-0.1, -0.05) is 0 Å². The summed E-state index contributed by atoms with van der Waals surface area (Å²) in [5, 5.41) is 11.1. The lowest BCUT2D eigenvalue weighted by atomic mass is 10.5. The third-order valence-electron chi connectivity index (χ3n) is 9.81. The van der Waals surface area contributed by atoms with Gasteiger partial charge in [-0.2, -0.15) is 0 Å². The van der Waals surface area contributed by atoms with Crippen molar-refractivity contribution in [2.75, 3.05) is 330 Å². The standard InChI is InChI=1S/C54H107NO28/c1-2-83-54(58)55-4-6-60-8-10-62-12-14-64-16-18-66-20-22-68-24-26-70-28-30-72-32-34-74-36-38-76-40-42-78-44-46-80-48-50-82-52-51-81-49-47-79-45-43-77-41-39-75-37-35-73-33-31-71-29-27-69-25-23-67-21-19-65-17-15-63-13-11-61-9-7-59-5-3-53(56)57/h2-52H2,1H3,(H,55,58)(H,56,57). The number of alkyl carbamates (subject to hydrolysis) is 1. The highest BCUT2D eigenvalue weighted by Crippen LogP contribution is 1.92. The van der Waals surface area contributed by atoms with E-state index >= 15 is 0 Å². The van der Waals surface area contributed by atoms with Crippen molar-refractivity contribution >= 4 is 12.1 Å². The van der Waals surface area contributed by atoms with Crippen LogP contribution in [0, 0.1) is 0 Å². The van der Waals surface area contributed by atoms with Gasteiger partial charge in [-0.3, -0.25) is 4.79 Å². The summed E-state index contributed by atoms with van der Waals surface area (Å²) in [7, 11) is 0. The molecule has 0 spiro atoms. The molecule has 0 atom stereocenters. The normalized spacial score (nSPS) is 11.6. The average molecular weight is 1220 g/mol. The quantitative estimate of drug-likeness (QED) is 0.0789. The van der Waals surface area contributed by atoms with Gasteiger partial charge in [0.25, 0.3) is 0 Å². The zero-order valence-corrected chi connectivity index (χ0v) is 50.0. The smallest absolute Gasteiger partial charge is 0.407 e. The number of nitrogens with one attached hydrogen (secondary N) is 1. The van der Waals surface area contributed by atoms with E-state index in [0.29, 0.717) is 324 Å². The molecule has 0 aliphatic heterocycles. The summed E-state index contributed by atoms with van der Waals surface area (Å²) in [6.45, 7) is 24.6. The predicted molar refractivity (Wildman–Crippen MR) is 297 cm³/mol.